The van der Waals surface area contributed by atoms with Crippen molar-refractivity contribution in [2.75, 3.05) is 0 Å². The smallest absolute Gasteiger partial charge is 0.327 e. The molecule has 0 unspecified atom stereocenters. The molecule has 0 heterocycles. The molecule has 0 saturated heterocycles. The Morgan fingerprint density at radius 3 is 2.00 bits per heavy atom. The first kappa shape index (κ1) is 12.4. The summed E-state index contributed by atoms with van der Waals surface area (Å²) in [7, 11) is 0. The fourth-order valence-electron chi connectivity index (χ4n) is 0.246. The van der Waals surface area contributed by atoms with E-state index in [0.29, 0.717) is 6.42 Å². The zero-order valence-electron chi connectivity index (χ0n) is 6.54. The molecule has 0 aliphatic carbocycles. The SMILES string of the molecule is C=CC(=O)O.CCCC(N)=O. The average Bonchev–Trinajstić information content (AvgIpc) is 1.89. The van der Waals surface area contributed by atoms with Gasteiger partial charge in [-0.15, -0.1) is 0 Å². The lowest BCUT2D eigenvalue weighted by atomic mass is 10.3. The van der Waals surface area contributed by atoms with Crippen LogP contribution < -0.4 is 5.73 Å². The second-order valence-electron chi connectivity index (χ2n) is 1.76. The minimum absolute atomic E-state index is 0.211. The highest BCUT2D eigenvalue weighted by Crippen LogP contribution is 1.79. The van der Waals surface area contributed by atoms with Crippen LogP contribution >= 0.6 is 0 Å². The van der Waals surface area contributed by atoms with Gasteiger partial charge in [-0.05, 0) is 6.42 Å². The van der Waals surface area contributed by atoms with Crippen molar-refractivity contribution in [2.24, 2.45) is 5.73 Å². The van der Waals surface area contributed by atoms with Gasteiger partial charge in [0.25, 0.3) is 0 Å². The van der Waals surface area contributed by atoms with Gasteiger partial charge in [-0.1, -0.05) is 13.5 Å². The third-order valence-electron chi connectivity index (χ3n) is 0.671. The van der Waals surface area contributed by atoms with Crippen molar-refractivity contribution in [1.29, 1.82) is 0 Å². The molecule has 0 aliphatic rings. The molecule has 0 atom stereocenters. The first-order valence-electron chi connectivity index (χ1n) is 3.18. The molecule has 0 radical (unpaired) electrons. The van der Waals surface area contributed by atoms with Gasteiger partial charge in [0.05, 0.1) is 0 Å². The van der Waals surface area contributed by atoms with E-state index in [9.17, 15) is 9.59 Å². The van der Waals surface area contributed by atoms with Crippen LogP contribution in [0.4, 0.5) is 0 Å². The number of aliphatic carboxylic acids is 1. The maximum absolute atomic E-state index is 9.82. The number of nitrogens with two attached hydrogens (primary N) is 1. The molecule has 4 nitrogen and oxygen atoms in total. The fraction of sp³-hybridized carbons (Fsp3) is 0.429. The Bertz CT molecular complexity index is 143. The number of hydrogen-bond acceptors (Lipinski definition) is 2. The summed E-state index contributed by atoms with van der Waals surface area (Å²) >= 11 is 0. The van der Waals surface area contributed by atoms with Crippen LogP contribution in [0.15, 0.2) is 12.7 Å². The van der Waals surface area contributed by atoms with E-state index in [1.54, 1.807) is 0 Å². The minimum atomic E-state index is -0.981. The zero-order chi connectivity index (χ0) is 9.28. The number of amides is 1. The Morgan fingerprint density at radius 1 is 1.64 bits per heavy atom. The Kier molecular flexibility index (Phi) is 9.76. The van der Waals surface area contributed by atoms with Gasteiger partial charge in [-0.25, -0.2) is 4.79 Å². The highest BCUT2D eigenvalue weighted by molar-refractivity contribution is 5.78. The van der Waals surface area contributed by atoms with Crippen LogP contribution in [0.1, 0.15) is 19.8 Å². The van der Waals surface area contributed by atoms with E-state index in [4.69, 9.17) is 10.8 Å². The zero-order valence-corrected chi connectivity index (χ0v) is 6.54. The van der Waals surface area contributed by atoms with Crippen molar-refractivity contribution in [3.05, 3.63) is 12.7 Å². The van der Waals surface area contributed by atoms with E-state index in [1.807, 2.05) is 6.92 Å². The summed E-state index contributed by atoms with van der Waals surface area (Å²) in [5.41, 5.74) is 4.76. The Balaban J connectivity index is 0. The molecule has 0 aliphatic heterocycles. The van der Waals surface area contributed by atoms with Crippen molar-refractivity contribution in [3.8, 4) is 0 Å². The van der Waals surface area contributed by atoms with Crippen molar-refractivity contribution >= 4 is 11.9 Å². The maximum atomic E-state index is 9.82. The topological polar surface area (TPSA) is 80.4 Å². The molecule has 0 saturated carbocycles. The van der Waals surface area contributed by atoms with Crippen molar-refractivity contribution in [3.63, 3.8) is 0 Å². The molecule has 0 rings (SSSR count). The molecule has 0 aromatic carbocycles. The van der Waals surface area contributed by atoms with Gasteiger partial charge >= 0.3 is 5.97 Å². The van der Waals surface area contributed by atoms with Crippen LogP contribution in [0.3, 0.4) is 0 Å². The van der Waals surface area contributed by atoms with Gasteiger partial charge < -0.3 is 10.8 Å². The van der Waals surface area contributed by atoms with Gasteiger partial charge in [-0.2, -0.15) is 0 Å². The number of carbonyl (C=O) groups is 2. The van der Waals surface area contributed by atoms with Gasteiger partial charge in [-0.3, -0.25) is 4.79 Å². The van der Waals surface area contributed by atoms with Crippen LogP contribution in [0, 0.1) is 0 Å². The number of hydrogen-bond donors (Lipinski definition) is 2. The van der Waals surface area contributed by atoms with E-state index in [1.165, 1.54) is 0 Å². The molecule has 0 aromatic rings. The van der Waals surface area contributed by atoms with Gasteiger partial charge in [0.1, 0.15) is 0 Å². The molecule has 0 bridgehead atoms. The van der Waals surface area contributed by atoms with E-state index >= 15 is 0 Å². The first-order valence-corrected chi connectivity index (χ1v) is 3.18. The fourth-order valence-corrected chi connectivity index (χ4v) is 0.246. The lowest BCUT2D eigenvalue weighted by Crippen LogP contribution is -2.08. The van der Waals surface area contributed by atoms with Gasteiger partial charge in [0.15, 0.2) is 0 Å². The second-order valence-corrected chi connectivity index (χ2v) is 1.76. The molecule has 0 aromatic heterocycles. The van der Waals surface area contributed by atoms with Crippen LogP contribution in [0.5, 0.6) is 0 Å². The van der Waals surface area contributed by atoms with E-state index in [2.05, 4.69) is 6.58 Å². The van der Waals surface area contributed by atoms with Crippen molar-refractivity contribution < 1.29 is 14.7 Å². The number of carboxylic acids is 1. The third-order valence-corrected chi connectivity index (χ3v) is 0.671. The van der Waals surface area contributed by atoms with Crippen LogP contribution in [-0.4, -0.2) is 17.0 Å². The summed E-state index contributed by atoms with van der Waals surface area (Å²) in [6.07, 6.45) is 2.20. The normalized spacial score (nSPS) is 7.36. The summed E-state index contributed by atoms with van der Waals surface area (Å²) in [6, 6.07) is 0. The maximum Gasteiger partial charge on any atom is 0.327 e. The van der Waals surface area contributed by atoms with E-state index in [-0.39, 0.29) is 5.91 Å². The summed E-state index contributed by atoms with van der Waals surface area (Å²) < 4.78 is 0. The van der Waals surface area contributed by atoms with Crippen molar-refractivity contribution in [1.82, 2.24) is 0 Å². The van der Waals surface area contributed by atoms with Crippen LogP contribution in [-0.2, 0) is 9.59 Å². The highest BCUT2D eigenvalue weighted by Gasteiger charge is 1.84. The summed E-state index contributed by atoms with van der Waals surface area (Å²) in [5, 5.41) is 7.60. The average molecular weight is 159 g/mol. The molecule has 4 heteroatoms. The predicted molar refractivity (Wildman–Crippen MR) is 41.9 cm³/mol. The largest absolute Gasteiger partial charge is 0.478 e. The summed E-state index contributed by atoms with van der Waals surface area (Å²) in [4.78, 5) is 19.1. The third kappa shape index (κ3) is 28.6. The Hall–Kier alpha value is -1.32. The number of rotatable bonds is 3. The second kappa shape index (κ2) is 8.68. The number of carboxylic acid groups (broad SMARTS) is 1. The molecule has 1 amide bonds. The van der Waals surface area contributed by atoms with Gasteiger partial charge in [0.2, 0.25) is 5.91 Å². The molecule has 0 spiro atoms. The van der Waals surface area contributed by atoms with Crippen molar-refractivity contribution in [2.45, 2.75) is 19.8 Å². The monoisotopic (exact) mass is 159 g/mol. The minimum Gasteiger partial charge on any atom is -0.478 e. The lowest BCUT2D eigenvalue weighted by Gasteiger charge is -1.81. The summed E-state index contributed by atoms with van der Waals surface area (Å²) in [5.74, 6) is -1.19. The lowest BCUT2D eigenvalue weighted by molar-refractivity contribution is -0.131. The Morgan fingerprint density at radius 2 is 2.00 bits per heavy atom. The quantitative estimate of drug-likeness (QED) is 0.589. The molecular weight excluding hydrogens is 146 g/mol. The van der Waals surface area contributed by atoms with Crippen LogP contribution in [0.25, 0.3) is 0 Å². The molecule has 3 N–H and O–H groups in total. The van der Waals surface area contributed by atoms with Crippen LogP contribution in [0.2, 0.25) is 0 Å². The molecule has 11 heavy (non-hydrogen) atoms. The first-order chi connectivity index (χ1) is 5.04. The molecular formula is C7H13NO3. The summed E-state index contributed by atoms with van der Waals surface area (Å²) in [6.45, 7) is 4.88. The molecule has 0 fully saturated rings. The molecule has 64 valence electrons. The standard InChI is InChI=1S/C4H9NO.C3H4O2/c1-2-3-4(5)6;1-2-3(4)5/h2-3H2,1H3,(H2,5,6);2H,1H2,(H,4,5). The number of carbonyl (C=O) groups excluding carboxylic acids is 1. The van der Waals surface area contributed by atoms with E-state index < -0.39 is 5.97 Å². The van der Waals surface area contributed by atoms with E-state index in [0.717, 1.165) is 12.5 Å². The van der Waals surface area contributed by atoms with Gasteiger partial charge in [0, 0.05) is 12.5 Å². The highest BCUT2D eigenvalue weighted by atomic mass is 16.4. The predicted octanol–water partition coefficient (Wildman–Crippen LogP) is 0.529. The Labute approximate surface area is 65.7 Å². The number of primary amides is 1.